The lowest BCUT2D eigenvalue weighted by Gasteiger charge is -2.18. The van der Waals surface area contributed by atoms with Crippen LogP contribution < -0.4 is 0 Å². The molecule has 1 atom stereocenters. The third-order valence-corrected chi connectivity index (χ3v) is 13.4. The standard InChI is InChI=1S/C61H114O6/c1-4-7-10-13-16-19-22-24-26-28-30-31-32-34-35-37-39-42-45-48-51-54-60(63)66-57-58(56-65-59(62)53-50-47-44-41-21-18-15-12-9-6-3)67-61(64)55-52-49-46-43-40-38-36-33-29-27-25-23-20-17-14-11-8-5-2/h12,15,27,29,58H,4-11,13-14,16-26,28,30-57H2,1-3H3/b15-12-,29-27-. The van der Waals surface area contributed by atoms with Gasteiger partial charge in [0.25, 0.3) is 0 Å². The van der Waals surface area contributed by atoms with E-state index in [1.54, 1.807) is 0 Å². The van der Waals surface area contributed by atoms with Crippen molar-refractivity contribution in [3.8, 4) is 0 Å². The lowest BCUT2D eigenvalue weighted by Crippen LogP contribution is -2.30. The summed E-state index contributed by atoms with van der Waals surface area (Å²) in [6, 6.07) is 0. The van der Waals surface area contributed by atoms with E-state index in [1.807, 2.05) is 0 Å². The zero-order valence-corrected chi connectivity index (χ0v) is 45.2. The molecule has 0 aromatic carbocycles. The minimum absolute atomic E-state index is 0.0713. The SMILES string of the molecule is CCC/C=C\CCCCCCCC(=O)OCC(COC(=O)CCCCCCCCCCCCCCCCCCCCCCC)OC(=O)CCCCCCCCC/C=C\CCCCCCCCC. The molecule has 0 N–H and O–H groups in total. The first-order chi connectivity index (χ1) is 33.0. The van der Waals surface area contributed by atoms with Crippen molar-refractivity contribution in [3.63, 3.8) is 0 Å². The van der Waals surface area contributed by atoms with Gasteiger partial charge in [-0.2, -0.15) is 0 Å². The van der Waals surface area contributed by atoms with Crippen molar-refractivity contribution in [2.45, 2.75) is 335 Å². The van der Waals surface area contributed by atoms with Gasteiger partial charge < -0.3 is 14.2 Å². The monoisotopic (exact) mass is 943 g/mol. The molecule has 0 rings (SSSR count). The molecule has 67 heavy (non-hydrogen) atoms. The van der Waals surface area contributed by atoms with E-state index in [0.29, 0.717) is 19.3 Å². The minimum atomic E-state index is -0.773. The Morgan fingerprint density at radius 3 is 0.806 bits per heavy atom. The fraction of sp³-hybridized carbons (Fsp3) is 0.885. The van der Waals surface area contributed by atoms with Crippen LogP contribution in [0.5, 0.6) is 0 Å². The lowest BCUT2D eigenvalue weighted by molar-refractivity contribution is -0.167. The summed E-state index contributed by atoms with van der Waals surface area (Å²) in [5.74, 6) is -0.867. The quantitative estimate of drug-likeness (QED) is 0.0262. The van der Waals surface area contributed by atoms with Gasteiger partial charge in [-0.05, 0) is 64.2 Å². The largest absolute Gasteiger partial charge is 0.462 e. The van der Waals surface area contributed by atoms with Crippen LogP contribution in [-0.4, -0.2) is 37.2 Å². The third kappa shape index (κ3) is 54.7. The molecule has 0 amide bonds. The molecule has 0 spiro atoms. The molecule has 0 heterocycles. The second-order valence-electron chi connectivity index (χ2n) is 20.3. The maximum absolute atomic E-state index is 12.8. The molecular weight excluding hydrogens is 829 g/mol. The van der Waals surface area contributed by atoms with E-state index in [-0.39, 0.29) is 31.1 Å². The molecule has 0 aliphatic rings. The summed E-state index contributed by atoms with van der Waals surface area (Å²) >= 11 is 0. The van der Waals surface area contributed by atoms with E-state index >= 15 is 0 Å². The van der Waals surface area contributed by atoms with Crippen LogP contribution in [0.15, 0.2) is 24.3 Å². The van der Waals surface area contributed by atoms with Gasteiger partial charge in [-0.3, -0.25) is 14.4 Å². The summed E-state index contributed by atoms with van der Waals surface area (Å²) in [6.45, 7) is 6.62. The summed E-state index contributed by atoms with van der Waals surface area (Å²) in [7, 11) is 0. The third-order valence-electron chi connectivity index (χ3n) is 13.4. The van der Waals surface area contributed by atoms with Crippen molar-refractivity contribution < 1.29 is 28.6 Å². The Hall–Kier alpha value is -2.11. The van der Waals surface area contributed by atoms with E-state index in [1.165, 1.54) is 218 Å². The van der Waals surface area contributed by atoms with Gasteiger partial charge in [-0.1, -0.05) is 270 Å². The highest BCUT2D eigenvalue weighted by molar-refractivity contribution is 5.71. The van der Waals surface area contributed by atoms with Crippen molar-refractivity contribution in [1.82, 2.24) is 0 Å². The number of unbranched alkanes of at least 4 members (excludes halogenated alkanes) is 40. The van der Waals surface area contributed by atoms with E-state index < -0.39 is 6.10 Å². The van der Waals surface area contributed by atoms with Crippen LogP contribution in [-0.2, 0) is 28.6 Å². The Morgan fingerprint density at radius 2 is 0.522 bits per heavy atom. The van der Waals surface area contributed by atoms with Gasteiger partial charge in [0.15, 0.2) is 6.10 Å². The van der Waals surface area contributed by atoms with E-state index in [0.717, 1.165) is 70.6 Å². The van der Waals surface area contributed by atoms with Crippen LogP contribution in [0.3, 0.4) is 0 Å². The number of allylic oxidation sites excluding steroid dienone is 4. The molecule has 0 aromatic heterocycles. The van der Waals surface area contributed by atoms with Gasteiger partial charge in [-0.25, -0.2) is 0 Å². The van der Waals surface area contributed by atoms with Gasteiger partial charge in [0.2, 0.25) is 0 Å². The zero-order valence-electron chi connectivity index (χ0n) is 45.2. The summed E-state index contributed by atoms with van der Waals surface area (Å²) < 4.78 is 16.9. The molecule has 0 aliphatic carbocycles. The summed E-state index contributed by atoms with van der Waals surface area (Å²) in [4.78, 5) is 38.1. The van der Waals surface area contributed by atoms with Crippen molar-refractivity contribution in [2.24, 2.45) is 0 Å². The molecule has 0 radical (unpaired) electrons. The van der Waals surface area contributed by atoms with Gasteiger partial charge in [0.1, 0.15) is 13.2 Å². The molecule has 6 heteroatoms. The summed E-state index contributed by atoms with van der Waals surface area (Å²) in [5, 5.41) is 0. The Labute approximate surface area is 417 Å². The smallest absolute Gasteiger partial charge is 0.306 e. The van der Waals surface area contributed by atoms with Gasteiger partial charge in [0, 0.05) is 19.3 Å². The van der Waals surface area contributed by atoms with Gasteiger partial charge >= 0.3 is 17.9 Å². The molecule has 394 valence electrons. The fourth-order valence-corrected chi connectivity index (χ4v) is 8.91. The highest BCUT2D eigenvalue weighted by atomic mass is 16.6. The summed E-state index contributed by atoms with van der Waals surface area (Å²) in [5.41, 5.74) is 0. The van der Waals surface area contributed by atoms with E-state index in [4.69, 9.17) is 14.2 Å². The van der Waals surface area contributed by atoms with Crippen molar-refractivity contribution >= 4 is 17.9 Å². The Balaban J connectivity index is 4.23. The molecule has 1 unspecified atom stereocenters. The highest BCUT2D eigenvalue weighted by Gasteiger charge is 2.19. The van der Waals surface area contributed by atoms with Crippen molar-refractivity contribution in [1.29, 1.82) is 0 Å². The number of carbonyl (C=O) groups excluding carboxylic acids is 3. The topological polar surface area (TPSA) is 78.9 Å². The van der Waals surface area contributed by atoms with Crippen LogP contribution in [0.2, 0.25) is 0 Å². The number of carbonyl (C=O) groups is 3. The molecule has 0 aliphatic heterocycles. The normalized spacial score (nSPS) is 12.1. The molecule has 0 saturated carbocycles. The van der Waals surface area contributed by atoms with Crippen LogP contribution in [0.1, 0.15) is 329 Å². The highest BCUT2D eigenvalue weighted by Crippen LogP contribution is 2.17. The predicted octanol–water partition coefficient (Wildman–Crippen LogP) is 19.9. The molecule has 0 bridgehead atoms. The number of hydrogen-bond acceptors (Lipinski definition) is 6. The summed E-state index contributed by atoms with van der Waals surface area (Å²) in [6.07, 6.45) is 66.1. The lowest BCUT2D eigenvalue weighted by atomic mass is 10.0. The van der Waals surface area contributed by atoms with E-state index in [9.17, 15) is 14.4 Å². The number of ether oxygens (including phenoxy) is 3. The average molecular weight is 944 g/mol. The van der Waals surface area contributed by atoms with Crippen molar-refractivity contribution in [3.05, 3.63) is 24.3 Å². The number of hydrogen-bond donors (Lipinski definition) is 0. The Bertz CT molecular complexity index is 1080. The Kier molecular flexibility index (Phi) is 54.7. The van der Waals surface area contributed by atoms with Gasteiger partial charge in [-0.15, -0.1) is 0 Å². The maximum atomic E-state index is 12.8. The fourth-order valence-electron chi connectivity index (χ4n) is 8.91. The zero-order chi connectivity index (χ0) is 48.6. The van der Waals surface area contributed by atoms with Crippen LogP contribution in [0.25, 0.3) is 0 Å². The number of rotatable bonds is 55. The molecule has 0 saturated heterocycles. The second-order valence-corrected chi connectivity index (χ2v) is 20.3. The maximum Gasteiger partial charge on any atom is 0.306 e. The van der Waals surface area contributed by atoms with Crippen LogP contribution >= 0.6 is 0 Å². The first-order valence-electron chi connectivity index (χ1n) is 29.8. The second kappa shape index (κ2) is 56.5. The van der Waals surface area contributed by atoms with E-state index in [2.05, 4.69) is 45.1 Å². The Morgan fingerprint density at radius 1 is 0.284 bits per heavy atom. The van der Waals surface area contributed by atoms with Gasteiger partial charge in [0.05, 0.1) is 0 Å². The molecule has 0 fully saturated rings. The van der Waals surface area contributed by atoms with Crippen LogP contribution in [0.4, 0.5) is 0 Å². The minimum Gasteiger partial charge on any atom is -0.462 e. The van der Waals surface area contributed by atoms with Crippen LogP contribution in [0, 0.1) is 0 Å². The first kappa shape index (κ1) is 64.9. The molecular formula is C61H114O6. The number of esters is 3. The first-order valence-corrected chi connectivity index (χ1v) is 29.8. The van der Waals surface area contributed by atoms with Crippen molar-refractivity contribution in [2.75, 3.05) is 13.2 Å². The average Bonchev–Trinajstić information content (AvgIpc) is 3.33. The molecule has 0 aromatic rings. The predicted molar refractivity (Wildman–Crippen MR) is 289 cm³/mol. The molecule has 6 nitrogen and oxygen atoms in total.